The Kier molecular flexibility index (Phi) is 6.36. The average molecular weight is 377 g/mol. The van der Waals surface area contributed by atoms with Gasteiger partial charge in [-0.1, -0.05) is 18.2 Å². The van der Waals surface area contributed by atoms with Gasteiger partial charge in [-0.05, 0) is 6.07 Å². The van der Waals surface area contributed by atoms with Gasteiger partial charge in [0, 0.05) is 31.5 Å². The van der Waals surface area contributed by atoms with Crippen LogP contribution in [0.2, 0.25) is 0 Å². The van der Waals surface area contributed by atoms with Crippen LogP contribution in [0.4, 0.5) is 22.0 Å². The zero-order valence-corrected chi connectivity index (χ0v) is 13.6. The zero-order chi connectivity index (χ0) is 19.2. The van der Waals surface area contributed by atoms with E-state index in [0.29, 0.717) is 4.57 Å². The van der Waals surface area contributed by atoms with Crippen molar-refractivity contribution in [1.82, 2.24) is 20.2 Å². The standard InChI is InChI=1S/C15H16F5N5O/c1-21-14(24-9-12-22-6-7-25(12)13(16)17)23-8-10-4-2-3-5-11(10)26-15(18,19)20/h2-7,13H,8-9H2,1H3,(H2,21,23,24). The molecule has 0 aliphatic rings. The first kappa shape index (κ1) is 19.5. The van der Waals surface area contributed by atoms with E-state index in [-0.39, 0.29) is 36.2 Å². The van der Waals surface area contributed by atoms with Crippen LogP contribution >= 0.6 is 0 Å². The van der Waals surface area contributed by atoms with Crippen LogP contribution in [0.15, 0.2) is 41.7 Å². The van der Waals surface area contributed by atoms with Gasteiger partial charge >= 0.3 is 12.9 Å². The van der Waals surface area contributed by atoms with E-state index in [1.807, 2.05) is 0 Å². The predicted octanol–water partition coefficient (Wildman–Crippen LogP) is 3.04. The molecule has 0 aliphatic heterocycles. The maximum atomic E-state index is 12.8. The van der Waals surface area contributed by atoms with Crippen molar-refractivity contribution in [2.75, 3.05) is 7.05 Å². The van der Waals surface area contributed by atoms with Crippen LogP contribution in [-0.4, -0.2) is 28.9 Å². The molecular weight excluding hydrogens is 361 g/mol. The number of nitrogens with zero attached hydrogens (tertiary/aromatic N) is 3. The lowest BCUT2D eigenvalue weighted by molar-refractivity contribution is -0.274. The van der Waals surface area contributed by atoms with Crippen molar-refractivity contribution >= 4 is 5.96 Å². The number of aliphatic imine (C=N–C) groups is 1. The molecule has 0 atom stereocenters. The van der Waals surface area contributed by atoms with Gasteiger partial charge in [-0.15, -0.1) is 13.2 Å². The molecule has 2 aromatic rings. The van der Waals surface area contributed by atoms with E-state index < -0.39 is 12.9 Å². The van der Waals surface area contributed by atoms with Gasteiger partial charge in [0.25, 0.3) is 0 Å². The first-order valence-electron chi connectivity index (χ1n) is 7.38. The molecule has 0 unspecified atom stereocenters. The van der Waals surface area contributed by atoms with E-state index in [9.17, 15) is 22.0 Å². The monoisotopic (exact) mass is 377 g/mol. The van der Waals surface area contributed by atoms with Crippen LogP contribution in [0.5, 0.6) is 5.75 Å². The lowest BCUT2D eigenvalue weighted by Crippen LogP contribution is -2.37. The van der Waals surface area contributed by atoms with Crippen molar-refractivity contribution in [1.29, 1.82) is 0 Å². The molecule has 6 nitrogen and oxygen atoms in total. The molecule has 0 spiro atoms. The maximum absolute atomic E-state index is 12.8. The molecule has 26 heavy (non-hydrogen) atoms. The van der Waals surface area contributed by atoms with Crippen LogP contribution in [0.3, 0.4) is 0 Å². The van der Waals surface area contributed by atoms with Crippen LogP contribution in [-0.2, 0) is 13.1 Å². The molecule has 11 heteroatoms. The molecular formula is C15H16F5N5O. The van der Waals surface area contributed by atoms with Gasteiger partial charge < -0.3 is 15.4 Å². The second-order valence-electron chi connectivity index (χ2n) is 4.96. The fraction of sp³-hybridized carbons (Fsp3) is 0.333. The van der Waals surface area contributed by atoms with Gasteiger partial charge in [0.05, 0.1) is 6.54 Å². The van der Waals surface area contributed by atoms with Gasteiger partial charge in [-0.25, -0.2) is 4.98 Å². The number of rotatable bonds is 6. The predicted molar refractivity (Wildman–Crippen MR) is 83.6 cm³/mol. The SMILES string of the molecule is CN=C(NCc1ccccc1OC(F)(F)F)NCc1nccn1C(F)F. The number of para-hydroxylation sites is 1. The fourth-order valence-corrected chi connectivity index (χ4v) is 2.10. The van der Waals surface area contributed by atoms with E-state index in [0.717, 1.165) is 6.20 Å². The van der Waals surface area contributed by atoms with Gasteiger partial charge in [0.1, 0.15) is 11.6 Å². The summed E-state index contributed by atoms with van der Waals surface area (Å²) >= 11 is 0. The molecule has 0 radical (unpaired) electrons. The smallest absolute Gasteiger partial charge is 0.405 e. The van der Waals surface area contributed by atoms with Crippen molar-refractivity contribution < 1.29 is 26.7 Å². The molecule has 142 valence electrons. The Balaban J connectivity index is 1.96. The Morgan fingerprint density at radius 3 is 2.58 bits per heavy atom. The lowest BCUT2D eigenvalue weighted by Gasteiger charge is -2.15. The minimum absolute atomic E-state index is 0.0186. The van der Waals surface area contributed by atoms with Crippen molar-refractivity contribution in [3.8, 4) is 5.75 Å². The van der Waals surface area contributed by atoms with Crippen LogP contribution < -0.4 is 15.4 Å². The number of halogens is 5. The summed E-state index contributed by atoms with van der Waals surface area (Å²) in [6, 6.07) is 5.64. The van der Waals surface area contributed by atoms with Gasteiger partial charge in [-0.2, -0.15) is 8.78 Å². The molecule has 0 saturated carbocycles. The van der Waals surface area contributed by atoms with E-state index in [1.165, 1.54) is 31.4 Å². The zero-order valence-electron chi connectivity index (χ0n) is 13.6. The second-order valence-corrected chi connectivity index (χ2v) is 4.96. The molecule has 2 rings (SSSR count). The van der Waals surface area contributed by atoms with Crippen LogP contribution in [0.25, 0.3) is 0 Å². The molecule has 1 aromatic carbocycles. The van der Waals surface area contributed by atoms with Gasteiger partial charge in [0.2, 0.25) is 0 Å². The lowest BCUT2D eigenvalue weighted by atomic mass is 10.2. The highest BCUT2D eigenvalue weighted by Crippen LogP contribution is 2.26. The second kappa shape index (κ2) is 8.50. The van der Waals surface area contributed by atoms with Gasteiger partial charge in [0.15, 0.2) is 5.96 Å². The Bertz CT molecular complexity index is 744. The largest absolute Gasteiger partial charge is 0.573 e. The molecule has 0 bridgehead atoms. The molecule has 0 fully saturated rings. The third kappa shape index (κ3) is 5.60. The highest BCUT2D eigenvalue weighted by molar-refractivity contribution is 5.79. The van der Waals surface area contributed by atoms with Crippen molar-refractivity contribution in [3.63, 3.8) is 0 Å². The number of hydrogen-bond donors (Lipinski definition) is 2. The number of guanidine groups is 1. The molecule has 0 saturated heterocycles. The first-order chi connectivity index (χ1) is 12.3. The number of aromatic nitrogens is 2. The normalized spacial score (nSPS) is 12.3. The molecule has 1 heterocycles. The third-order valence-corrected chi connectivity index (χ3v) is 3.24. The van der Waals surface area contributed by atoms with Crippen molar-refractivity contribution in [3.05, 3.63) is 48.0 Å². The Labute approximate surface area is 145 Å². The summed E-state index contributed by atoms with van der Waals surface area (Å²) in [5.41, 5.74) is 0.252. The van der Waals surface area contributed by atoms with E-state index >= 15 is 0 Å². The van der Waals surface area contributed by atoms with Crippen LogP contribution in [0.1, 0.15) is 17.9 Å². The minimum Gasteiger partial charge on any atom is -0.405 e. The Morgan fingerprint density at radius 2 is 1.92 bits per heavy atom. The summed E-state index contributed by atoms with van der Waals surface area (Å²) in [6.07, 6.45) is -2.42. The first-order valence-corrected chi connectivity index (χ1v) is 7.38. The topological polar surface area (TPSA) is 63.5 Å². The number of hydrogen-bond acceptors (Lipinski definition) is 3. The molecule has 0 aliphatic carbocycles. The summed E-state index contributed by atoms with van der Waals surface area (Å²) in [6.45, 7) is -2.79. The van der Waals surface area contributed by atoms with Gasteiger partial charge in [-0.3, -0.25) is 9.56 Å². The summed E-state index contributed by atoms with van der Waals surface area (Å²) < 4.78 is 67.4. The van der Waals surface area contributed by atoms with E-state index in [2.05, 4.69) is 25.3 Å². The molecule has 0 amide bonds. The molecule has 2 N–H and O–H groups in total. The highest BCUT2D eigenvalue weighted by Gasteiger charge is 2.31. The summed E-state index contributed by atoms with van der Waals surface area (Å²) in [5, 5.41) is 5.55. The maximum Gasteiger partial charge on any atom is 0.573 e. The summed E-state index contributed by atoms with van der Waals surface area (Å²) in [7, 11) is 1.44. The number of ether oxygens (including phenoxy) is 1. The number of nitrogens with one attached hydrogen (secondary N) is 2. The third-order valence-electron chi connectivity index (χ3n) is 3.24. The summed E-state index contributed by atoms with van der Waals surface area (Å²) in [5.74, 6) is -0.0458. The average Bonchev–Trinajstić information content (AvgIpc) is 3.04. The highest BCUT2D eigenvalue weighted by atomic mass is 19.4. The number of benzene rings is 1. The van der Waals surface area contributed by atoms with Crippen molar-refractivity contribution in [2.24, 2.45) is 4.99 Å². The summed E-state index contributed by atoms with van der Waals surface area (Å²) in [4.78, 5) is 7.70. The molecule has 1 aromatic heterocycles. The van der Waals surface area contributed by atoms with E-state index in [1.54, 1.807) is 6.07 Å². The number of imidazole rings is 1. The van der Waals surface area contributed by atoms with Crippen LogP contribution in [0, 0.1) is 0 Å². The number of alkyl halides is 5. The Morgan fingerprint density at radius 1 is 1.23 bits per heavy atom. The fourth-order valence-electron chi connectivity index (χ4n) is 2.10. The Hall–Kier alpha value is -2.85. The van der Waals surface area contributed by atoms with E-state index in [4.69, 9.17) is 0 Å². The minimum atomic E-state index is -4.80. The van der Waals surface area contributed by atoms with Crippen molar-refractivity contribution in [2.45, 2.75) is 26.0 Å². The quantitative estimate of drug-likeness (QED) is 0.462.